The Morgan fingerprint density at radius 1 is 1.48 bits per heavy atom. The van der Waals surface area contributed by atoms with E-state index in [0.29, 0.717) is 19.5 Å². The van der Waals surface area contributed by atoms with Gasteiger partial charge in [-0.25, -0.2) is 0 Å². The molecule has 1 aromatic carbocycles. The molecule has 5 heteroatoms. The second-order valence-electron chi connectivity index (χ2n) is 5.22. The topological polar surface area (TPSA) is 53.3 Å². The van der Waals surface area contributed by atoms with Crippen molar-refractivity contribution >= 4 is 17.7 Å². The van der Waals surface area contributed by atoms with Crippen LogP contribution < -0.4 is 4.74 Å². The highest BCUT2D eigenvalue weighted by atomic mass is 32.2. The summed E-state index contributed by atoms with van der Waals surface area (Å²) in [6.45, 7) is 1.33. The van der Waals surface area contributed by atoms with Crippen LogP contribution in [0.5, 0.6) is 5.75 Å². The van der Waals surface area contributed by atoms with Crippen molar-refractivity contribution in [3.05, 3.63) is 29.8 Å². The van der Waals surface area contributed by atoms with Gasteiger partial charge in [0.2, 0.25) is 5.91 Å². The average molecular weight is 304 g/mol. The molecule has 1 amide bonds. The van der Waals surface area contributed by atoms with Gasteiger partial charge in [-0.05, 0) is 36.8 Å². The first-order chi connectivity index (χ1) is 10.1. The summed E-state index contributed by atoms with van der Waals surface area (Å²) in [5, 5.41) is 9.27. The molecule has 1 saturated heterocycles. The third kappa shape index (κ3) is 3.70. The van der Waals surface area contributed by atoms with Crippen molar-refractivity contribution in [1.82, 2.24) is 4.90 Å². The molecule has 0 atom stereocenters. The summed E-state index contributed by atoms with van der Waals surface area (Å²) in [7, 11) is 1.62. The maximum absolute atomic E-state index is 12.4. The standard InChI is InChI=1S/C16H20N2O2S/c1-20-14-5-3-4-13(10-14)11-15(19)18-8-6-16(12-17,21-2)7-9-18/h3-5,10H,6-9,11H2,1-2H3. The highest BCUT2D eigenvalue weighted by Gasteiger charge is 2.35. The van der Waals surface area contributed by atoms with Crippen LogP contribution in [0.2, 0.25) is 0 Å². The van der Waals surface area contributed by atoms with Gasteiger partial charge in [-0.1, -0.05) is 12.1 Å². The zero-order valence-corrected chi connectivity index (χ0v) is 13.3. The highest BCUT2D eigenvalue weighted by molar-refractivity contribution is 8.00. The van der Waals surface area contributed by atoms with E-state index in [4.69, 9.17) is 4.74 Å². The molecule has 112 valence electrons. The van der Waals surface area contributed by atoms with E-state index in [2.05, 4.69) is 6.07 Å². The van der Waals surface area contributed by atoms with Gasteiger partial charge in [0.15, 0.2) is 0 Å². The summed E-state index contributed by atoms with van der Waals surface area (Å²) < 4.78 is 4.86. The van der Waals surface area contributed by atoms with Gasteiger partial charge in [0.1, 0.15) is 10.5 Å². The molecular weight excluding hydrogens is 284 g/mol. The molecule has 1 fully saturated rings. The van der Waals surface area contributed by atoms with E-state index in [1.54, 1.807) is 18.9 Å². The van der Waals surface area contributed by atoms with Gasteiger partial charge in [-0.15, -0.1) is 11.8 Å². The van der Waals surface area contributed by atoms with Crippen molar-refractivity contribution in [2.24, 2.45) is 0 Å². The number of thioether (sulfide) groups is 1. The molecule has 0 saturated carbocycles. The lowest BCUT2D eigenvalue weighted by Crippen LogP contribution is -2.44. The molecule has 0 radical (unpaired) electrons. The minimum atomic E-state index is -0.313. The lowest BCUT2D eigenvalue weighted by molar-refractivity contribution is -0.131. The first-order valence-corrected chi connectivity index (χ1v) is 8.22. The Hall–Kier alpha value is -1.67. The summed E-state index contributed by atoms with van der Waals surface area (Å²) in [5.41, 5.74) is 0.960. The van der Waals surface area contributed by atoms with Gasteiger partial charge >= 0.3 is 0 Å². The van der Waals surface area contributed by atoms with Crippen LogP contribution >= 0.6 is 11.8 Å². The Bertz CT molecular complexity index is 545. The van der Waals surface area contributed by atoms with Gasteiger partial charge in [0.05, 0.1) is 19.6 Å². The SMILES string of the molecule is COc1cccc(CC(=O)N2CCC(C#N)(SC)CC2)c1. The molecule has 1 heterocycles. The third-order valence-electron chi connectivity index (χ3n) is 4.01. The monoisotopic (exact) mass is 304 g/mol. The lowest BCUT2D eigenvalue weighted by Gasteiger charge is -2.36. The fraction of sp³-hybridized carbons (Fsp3) is 0.500. The number of methoxy groups -OCH3 is 1. The summed E-state index contributed by atoms with van der Waals surface area (Å²) in [4.78, 5) is 14.2. The summed E-state index contributed by atoms with van der Waals surface area (Å²) in [6, 6.07) is 9.99. The number of ether oxygens (including phenoxy) is 1. The van der Waals surface area contributed by atoms with Crippen LogP contribution in [-0.4, -0.2) is 42.0 Å². The Balaban J connectivity index is 1.95. The lowest BCUT2D eigenvalue weighted by atomic mass is 9.96. The molecule has 1 aliphatic rings. The van der Waals surface area contributed by atoms with Crippen molar-refractivity contribution in [2.45, 2.75) is 24.0 Å². The number of hydrogen-bond acceptors (Lipinski definition) is 4. The number of nitriles is 1. The summed E-state index contributed by atoms with van der Waals surface area (Å²) >= 11 is 1.60. The predicted molar refractivity (Wildman–Crippen MR) is 84.4 cm³/mol. The highest BCUT2D eigenvalue weighted by Crippen LogP contribution is 2.33. The molecule has 0 N–H and O–H groups in total. The third-order valence-corrected chi connectivity index (χ3v) is 5.29. The van der Waals surface area contributed by atoms with E-state index in [1.165, 1.54) is 0 Å². The number of piperidine rings is 1. The van der Waals surface area contributed by atoms with Crippen molar-refractivity contribution in [1.29, 1.82) is 5.26 Å². The predicted octanol–water partition coefficient (Wildman–Crippen LogP) is 2.49. The summed E-state index contributed by atoms with van der Waals surface area (Å²) in [5.74, 6) is 0.890. The van der Waals surface area contributed by atoms with Crippen LogP contribution in [0.25, 0.3) is 0 Å². The Morgan fingerprint density at radius 2 is 2.19 bits per heavy atom. The Labute approximate surface area is 130 Å². The summed E-state index contributed by atoms with van der Waals surface area (Å²) in [6.07, 6.45) is 3.84. The molecule has 0 aliphatic carbocycles. The molecular formula is C16H20N2O2S. The minimum Gasteiger partial charge on any atom is -0.497 e. The van der Waals surface area contributed by atoms with E-state index in [9.17, 15) is 10.1 Å². The molecule has 0 aromatic heterocycles. The number of likely N-dealkylation sites (tertiary alicyclic amines) is 1. The largest absolute Gasteiger partial charge is 0.497 e. The Kier molecular flexibility index (Phi) is 5.13. The minimum absolute atomic E-state index is 0.121. The zero-order valence-electron chi connectivity index (χ0n) is 12.5. The van der Waals surface area contributed by atoms with Gasteiger partial charge in [-0.2, -0.15) is 5.26 Å². The maximum atomic E-state index is 12.4. The van der Waals surface area contributed by atoms with Crippen LogP contribution in [-0.2, 0) is 11.2 Å². The van der Waals surface area contributed by atoms with E-state index in [0.717, 1.165) is 24.2 Å². The van der Waals surface area contributed by atoms with Crippen molar-refractivity contribution < 1.29 is 9.53 Å². The first-order valence-electron chi connectivity index (χ1n) is 6.99. The molecule has 0 unspecified atom stereocenters. The normalized spacial score (nSPS) is 17.1. The molecule has 2 rings (SSSR count). The molecule has 1 aromatic rings. The van der Waals surface area contributed by atoms with Crippen molar-refractivity contribution in [3.63, 3.8) is 0 Å². The van der Waals surface area contributed by atoms with Crippen molar-refractivity contribution in [3.8, 4) is 11.8 Å². The average Bonchev–Trinajstić information content (AvgIpc) is 2.55. The number of carbonyl (C=O) groups is 1. The van der Waals surface area contributed by atoms with E-state index >= 15 is 0 Å². The number of carbonyl (C=O) groups excluding carboxylic acids is 1. The smallest absolute Gasteiger partial charge is 0.226 e. The first kappa shape index (κ1) is 15.7. The number of hydrogen-bond donors (Lipinski definition) is 0. The van der Waals surface area contributed by atoms with Gasteiger partial charge in [-0.3, -0.25) is 4.79 Å². The molecule has 1 aliphatic heterocycles. The van der Waals surface area contributed by atoms with E-state index < -0.39 is 0 Å². The van der Waals surface area contributed by atoms with Crippen LogP contribution in [0.15, 0.2) is 24.3 Å². The molecule has 4 nitrogen and oxygen atoms in total. The van der Waals surface area contributed by atoms with Crippen LogP contribution in [0.1, 0.15) is 18.4 Å². The molecule has 0 bridgehead atoms. The molecule has 21 heavy (non-hydrogen) atoms. The van der Waals surface area contributed by atoms with E-state index in [1.807, 2.05) is 35.4 Å². The second kappa shape index (κ2) is 6.86. The second-order valence-corrected chi connectivity index (χ2v) is 6.41. The quantitative estimate of drug-likeness (QED) is 0.857. The zero-order chi connectivity index (χ0) is 15.3. The number of benzene rings is 1. The number of amides is 1. The fourth-order valence-corrected chi connectivity index (χ4v) is 3.23. The number of nitrogens with zero attached hydrogens (tertiary/aromatic N) is 2. The van der Waals surface area contributed by atoms with Gasteiger partial charge < -0.3 is 9.64 Å². The molecule has 0 spiro atoms. The number of rotatable bonds is 4. The van der Waals surface area contributed by atoms with E-state index in [-0.39, 0.29) is 10.7 Å². The van der Waals surface area contributed by atoms with Crippen LogP contribution in [0.3, 0.4) is 0 Å². The van der Waals surface area contributed by atoms with Gasteiger partial charge in [0, 0.05) is 13.1 Å². The van der Waals surface area contributed by atoms with Crippen LogP contribution in [0.4, 0.5) is 0 Å². The van der Waals surface area contributed by atoms with Crippen LogP contribution in [0, 0.1) is 11.3 Å². The van der Waals surface area contributed by atoms with Crippen molar-refractivity contribution in [2.75, 3.05) is 26.5 Å². The van der Waals surface area contributed by atoms with Gasteiger partial charge in [0.25, 0.3) is 0 Å². The maximum Gasteiger partial charge on any atom is 0.226 e. The Morgan fingerprint density at radius 3 is 2.76 bits per heavy atom. The fourth-order valence-electron chi connectivity index (χ4n) is 2.55.